The number of nitrogens with one attached hydrogen (secondary N) is 1. The number of thioether (sulfide) groups is 1. The molecule has 31 heavy (non-hydrogen) atoms. The Morgan fingerprint density at radius 3 is 2.71 bits per heavy atom. The van der Waals surface area contributed by atoms with Crippen molar-refractivity contribution in [1.82, 2.24) is 20.1 Å². The van der Waals surface area contributed by atoms with Crippen LogP contribution in [0.2, 0.25) is 0 Å². The molecule has 1 heterocycles. The molecule has 0 saturated heterocycles. The predicted molar refractivity (Wildman–Crippen MR) is 125 cm³/mol. The lowest BCUT2D eigenvalue weighted by atomic mass is 10.1. The van der Waals surface area contributed by atoms with Gasteiger partial charge >= 0.3 is 0 Å². The minimum absolute atomic E-state index is 0.00367. The van der Waals surface area contributed by atoms with Crippen LogP contribution in [0, 0.1) is 6.92 Å². The van der Waals surface area contributed by atoms with Crippen molar-refractivity contribution < 1.29 is 9.53 Å². The Kier molecular flexibility index (Phi) is 8.67. The molecule has 3 aromatic rings. The molecule has 0 radical (unpaired) electrons. The third-order valence-electron chi connectivity index (χ3n) is 4.96. The monoisotopic (exact) mass is 438 g/mol. The number of carbonyl (C=O) groups excluding carboxylic acids is 1. The van der Waals surface area contributed by atoms with Crippen LogP contribution in [0.25, 0.3) is 11.4 Å². The average molecular weight is 439 g/mol. The molecule has 0 aliphatic rings. The summed E-state index contributed by atoms with van der Waals surface area (Å²) in [5, 5.41) is 12.5. The number of carbonyl (C=O) groups is 1. The quantitative estimate of drug-likeness (QED) is 0.456. The van der Waals surface area contributed by atoms with Crippen molar-refractivity contribution in [2.45, 2.75) is 44.4 Å². The van der Waals surface area contributed by atoms with Crippen molar-refractivity contribution in [2.75, 3.05) is 19.5 Å². The number of ether oxygens (including phenoxy) is 1. The molecule has 7 heteroatoms. The molecule has 1 aromatic heterocycles. The maximum Gasteiger partial charge on any atom is 0.230 e. The molecule has 1 N–H and O–H groups in total. The lowest BCUT2D eigenvalue weighted by Crippen LogP contribution is -2.34. The molecule has 3 rings (SSSR count). The smallest absolute Gasteiger partial charge is 0.230 e. The molecule has 0 spiro atoms. The number of methoxy groups -OCH3 is 1. The number of rotatable bonds is 11. The van der Waals surface area contributed by atoms with Gasteiger partial charge < -0.3 is 10.1 Å². The van der Waals surface area contributed by atoms with Gasteiger partial charge in [-0.15, -0.1) is 10.2 Å². The molecule has 1 atom stereocenters. The van der Waals surface area contributed by atoms with Gasteiger partial charge in [0.1, 0.15) is 0 Å². The van der Waals surface area contributed by atoms with Gasteiger partial charge in [0.15, 0.2) is 11.0 Å². The molecule has 1 unspecified atom stereocenters. The van der Waals surface area contributed by atoms with Crippen molar-refractivity contribution >= 4 is 17.7 Å². The normalized spacial score (nSPS) is 12.0. The summed E-state index contributed by atoms with van der Waals surface area (Å²) < 4.78 is 7.28. The van der Waals surface area contributed by atoms with Crippen LogP contribution in [0.15, 0.2) is 59.8 Å². The fraction of sp³-hybridized carbons (Fsp3) is 0.375. The molecule has 0 aliphatic carbocycles. The van der Waals surface area contributed by atoms with Crippen LogP contribution < -0.4 is 5.32 Å². The minimum atomic E-state index is 0.00367. The highest BCUT2D eigenvalue weighted by molar-refractivity contribution is 7.99. The second-order valence-corrected chi connectivity index (χ2v) is 8.54. The largest absolute Gasteiger partial charge is 0.383 e. The van der Waals surface area contributed by atoms with E-state index in [-0.39, 0.29) is 11.9 Å². The van der Waals surface area contributed by atoms with Crippen LogP contribution in [0.1, 0.15) is 24.5 Å². The van der Waals surface area contributed by atoms with E-state index in [0.717, 1.165) is 34.9 Å². The summed E-state index contributed by atoms with van der Waals surface area (Å²) in [5.41, 5.74) is 3.46. The number of hydrogen-bond donors (Lipinski definition) is 1. The van der Waals surface area contributed by atoms with Gasteiger partial charge in [-0.3, -0.25) is 9.36 Å². The first-order valence-electron chi connectivity index (χ1n) is 10.5. The maximum absolute atomic E-state index is 12.5. The standard InChI is InChI=1S/C24H30N4O2S/c1-18-8-7-11-21(16-18)23-26-27-24(28(23)14-15-30-3)31-17-22(29)25-19(2)12-13-20-9-5-4-6-10-20/h4-11,16,19H,12-15,17H2,1-3H3,(H,25,29). The second-order valence-electron chi connectivity index (χ2n) is 7.60. The van der Waals surface area contributed by atoms with E-state index in [1.165, 1.54) is 17.3 Å². The van der Waals surface area contributed by atoms with Gasteiger partial charge in [-0.05, 0) is 38.3 Å². The SMILES string of the molecule is COCCn1c(SCC(=O)NC(C)CCc2ccccc2)nnc1-c1cccc(C)c1. The predicted octanol–water partition coefficient (Wildman–Crippen LogP) is 4.13. The molecule has 0 bridgehead atoms. The van der Waals surface area contributed by atoms with Crippen LogP contribution in [-0.2, 0) is 22.5 Å². The van der Waals surface area contributed by atoms with Gasteiger partial charge in [0.25, 0.3) is 0 Å². The van der Waals surface area contributed by atoms with Gasteiger partial charge in [0.05, 0.1) is 18.9 Å². The summed E-state index contributed by atoms with van der Waals surface area (Å²) in [7, 11) is 1.67. The van der Waals surface area contributed by atoms with Crippen molar-refractivity contribution in [3.8, 4) is 11.4 Å². The summed E-state index contributed by atoms with van der Waals surface area (Å²) in [4.78, 5) is 12.5. The van der Waals surface area contributed by atoms with Crippen molar-refractivity contribution in [3.63, 3.8) is 0 Å². The highest BCUT2D eigenvalue weighted by atomic mass is 32.2. The van der Waals surface area contributed by atoms with E-state index in [1.807, 2.05) is 41.8 Å². The molecular weight excluding hydrogens is 408 g/mol. The third-order valence-corrected chi connectivity index (χ3v) is 5.93. The first-order chi connectivity index (χ1) is 15.1. The van der Waals surface area contributed by atoms with Crippen LogP contribution in [0.5, 0.6) is 0 Å². The van der Waals surface area contributed by atoms with E-state index >= 15 is 0 Å². The summed E-state index contributed by atoms with van der Waals surface area (Å²) in [5.74, 6) is 1.10. The number of nitrogens with zero attached hydrogens (tertiary/aromatic N) is 3. The summed E-state index contributed by atoms with van der Waals surface area (Å²) in [6.07, 6.45) is 1.85. The minimum Gasteiger partial charge on any atom is -0.383 e. The average Bonchev–Trinajstić information content (AvgIpc) is 3.18. The zero-order valence-electron chi connectivity index (χ0n) is 18.4. The second kappa shape index (κ2) is 11.7. The summed E-state index contributed by atoms with van der Waals surface area (Å²) >= 11 is 1.40. The number of aromatic nitrogens is 3. The molecule has 1 amide bonds. The summed E-state index contributed by atoms with van der Waals surface area (Å²) in [6, 6.07) is 18.6. The van der Waals surface area contributed by atoms with Gasteiger partial charge in [-0.1, -0.05) is 65.9 Å². The maximum atomic E-state index is 12.5. The lowest BCUT2D eigenvalue weighted by Gasteiger charge is -2.14. The van der Waals surface area contributed by atoms with E-state index in [9.17, 15) is 4.79 Å². The Balaban J connectivity index is 1.58. The molecule has 2 aromatic carbocycles. The van der Waals surface area contributed by atoms with Gasteiger partial charge in [-0.25, -0.2) is 0 Å². The zero-order chi connectivity index (χ0) is 22.1. The van der Waals surface area contributed by atoms with Crippen molar-refractivity contribution in [1.29, 1.82) is 0 Å². The lowest BCUT2D eigenvalue weighted by molar-refractivity contribution is -0.119. The first-order valence-corrected chi connectivity index (χ1v) is 11.5. The van der Waals surface area contributed by atoms with Crippen LogP contribution in [0.3, 0.4) is 0 Å². The number of amides is 1. The molecule has 0 aliphatic heterocycles. The zero-order valence-corrected chi connectivity index (χ0v) is 19.2. The number of benzene rings is 2. The highest BCUT2D eigenvalue weighted by Crippen LogP contribution is 2.24. The number of aryl methyl sites for hydroxylation is 2. The van der Waals surface area contributed by atoms with E-state index < -0.39 is 0 Å². The third kappa shape index (κ3) is 6.94. The van der Waals surface area contributed by atoms with Crippen LogP contribution >= 0.6 is 11.8 Å². The van der Waals surface area contributed by atoms with E-state index in [4.69, 9.17) is 4.74 Å². The van der Waals surface area contributed by atoms with Gasteiger partial charge in [-0.2, -0.15) is 0 Å². The van der Waals surface area contributed by atoms with Crippen LogP contribution in [0.4, 0.5) is 0 Å². The topological polar surface area (TPSA) is 69.0 Å². The molecular formula is C24H30N4O2S. The van der Waals surface area contributed by atoms with Crippen LogP contribution in [-0.4, -0.2) is 46.2 Å². The Morgan fingerprint density at radius 2 is 1.97 bits per heavy atom. The van der Waals surface area contributed by atoms with E-state index in [0.29, 0.717) is 18.9 Å². The first kappa shape index (κ1) is 23.0. The fourth-order valence-electron chi connectivity index (χ4n) is 3.32. The van der Waals surface area contributed by atoms with E-state index in [1.54, 1.807) is 7.11 Å². The van der Waals surface area contributed by atoms with Gasteiger partial charge in [0.2, 0.25) is 5.91 Å². The number of hydrogen-bond acceptors (Lipinski definition) is 5. The Labute approximate surface area is 188 Å². The van der Waals surface area contributed by atoms with Crippen molar-refractivity contribution in [2.24, 2.45) is 0 Å². The Bertz CT molecular complexity index is 975. The Morgan fingerprint density at radius 1 is 1.16 bits per heavy atom. The molecule has 164 valence electrons. The molecule has 0 saturated carbocycles. The highest BCUT2D eigenvalue weighted by Gasteiger charge is 2.16. The Hall–Kier alpha value is -2.64. The van der Waals surface area contributed by atoms with Crippen molar-refractivity contribution in [3.05, 3.63) is 65.7 Å². The van der Waals surface area contributed by atoms with Gasteiger partial charge in [0, 0.05) is 18.7 Å². The molecule has 6 nitrogen and oxygen atoms in total. The summed E-state index contributed by atoms with van der Waals surface area (Å²) in [6.45, 7) is 5.28. The molecule has 0 fully saturated rings. The fourth-order valence-corrected chi connectivity index (χ4v) is 4.10. The van der Waals surface area contributed by atoms with E-state index in [2.05, 4.69) is 46.7 Å².